The molecule has 1 aromatic carbocycles. The van der Waals surface area contributed by atoms with Crippen LogP contribution in [0.5, 0.6) is 0 Å². The van der Waals surface area contributed by atoms with Crippen LogP contribution in [0.1, 0.15) is 25.3 Å². The summed E-state index contributed by atoms with van der Waals surface area (Å²) in [7, 11) is 1.84. The van der Waals surface area contributed by atoms with Gasteiger partial charge in [-0.25, -0.2) is 14.4 Å². The third kappa shape index (κ3) is 3.34. The summed E-state index contributed by atoms with van der Waals surface area (Å²) in [4.78, 5) is 27.5. The highest BCUT2D eigenvalue weighted by molar-refractivity contribution is 5.98. The minimum absolute atomic E-state index is 0.147. The number of benzene rings is 1. The zero-order chi connectivity index (χ0) is 19.0. The fraction of sp³-hybridized carbons (Fsp3) is 0.450. The molecule has 27 heavy (non-hydrogen) atoms. The smallest absolute Gasteiger partial charge is 0.246 e. The third-order valence-corrected chi connectivity index (χ3v) is 5.35. The zero-order valence-corrected chi connectivity index (χ0v) is 15.7. The van der Waals surface area contributed by atoms with Gasteiger partial charge >= 0.3 is 0 Å². The van der Waals surface area contributed by atoms with Gasteiger partial charge in [0.25, 0.3) is 0 Å². The number of likely N-dealkylation sites (N-methyl/N-ethyl adjacent to an activating group) is 1. The van der Waals surface area contributed by atoms with Crippen LogP contribution in [-0.2, 0) is 11.3 Å². The van der Waals surface area contributed by atoms with Crippen molar-refractivity contribution in [2.45, 2.75) is 26.3 Å². The van der Waals surface area contributed by atoms with Gasteiger partial charge in [-0.3, -0.25) is 4.79 Å². The molecule has 6 nitrogen and oxygen atoms in total. The van der Waals surface area contributed by atoms with Crippen LogP contribution in [0.15, 0.2) is 30.6 Å². The number of halogens is 1. The molecule has 2 aliphatic heterocycles. The lowest BCUT2D eigenvalue weighted by Crippen LogP contribution is -2.37. The Hall–Kier alpha value is -2.70. The number of hydrogen-bond donors (Lipinski definition) is 0. The number of anilines is 3. The van der Waals surface area contributed by atoms with Gasteiger partial charge in [-0.15, -0.1) is 0 Å². The Morgan fingerprint density at radius 1 is 1.15 bits per heavy atom. The topological polar surface area (TPSA) is 52.6 Å². The van der Waals surface area contributed by atoms with E-state index in [9.17, 15) is 9.18 Å². The van der Waals surface area contributed by atoms with Crippen LogP contribution in [0, 0.1) is 11.7 Å². The van der Waals surface area contributed by atoms with E-state index in [0.717, 1.165) is 36.7 Å². The summed E-state index contributed by atoms with van der Waals surface area (Å²) in [6.45, 7) is 4.52. The highest BCUT2D eigenvalue weighted by atomic mass is 19.1. The van der Waals surface area contributed by atoms with Gasteiger partial charge in [0.05, 0.1) is 24.3 Å². The van der Waals surface area contributed by atoms with Crippen molar-refractivity contribution in [3.63, 3.8) is 0 Å². The molecule has 1 aromatic heterocycles. The number of rotatable bonds is 2. The Bertz CT molecular complexity index is 858. The number of hydrogen-bond acceptors (Lipinski definition) is 5. The van der Waals surface area contributed by atoms with Crippen LogP contribution in [0.25, 0.3) is 0 Å². The predicted molar refractivity (Wildman–Crippen MR) is 104 cm³/mol. The van der Waals surface area contributed by atoms with Gasteiger partial charge in [0.2, 0.25) is 5.91 Å². The van der Waals surface area contributed by atoms with Crippen molar-refractivity contribution in [1.29, 1.82) is 0 Å². The first-order chi connectivity index (χ1) is 13.0. The van der Waals surface area contributed by atoms with Gasteiger partial charge in [-0.05, 0) is 30.9 Å². The SMILES string of the molecule is CC1CCCN(c2ncnc3c2CN(c2ccccc2F)C(=O)CN3C)C1. The van der Waals surface area contributed by atoms with Crippen molar-refractivity contribution in [1.82, 2.24) is 9.97 Å². The van der Waals surface area contributed by atoms with Gasteiger partial charge < -0.3 is 14.7 Å². The van der Waals surface area contributed by atoms with Crippen LogP contribution in [0.3, 0.4) is 0 Å². The lowest BCUT2D eigenvalue weighted by Gasteiger charge is -2.34. The van der Waals surface area contributed by atoms with E-state index >= 15 is 0 Å². The Kier molecular flexibility index (Phi) is 4.68. The first-order valence-electron chi connectivity index (χ1n) is 9.39. The molecule has 0 saturated carbocycles. The van der Waals surface area contributed by atoms with Crippen molar-refractivity contribution in [2.75, 3.05) is 41.4 Å². The summed E-state index contributed by atoms with van der Waals surface area (Å²) in [6.07, 6.45) is 3.89. The number of piperidine rings is 1. The van der Waals surface area contributed by atoms with Crippen LogP contribution < -0.4 is 14.7 Å². The fourth-order valence-electron chi connectivity index (χ4n) is 4.02. The zero-order valence-electron chi connectivity index (χ0n) is 15.7. The van der Waals surface area contributed by atoms with E-state index < -0.39 is 5.82 Å². The number of aromatic nitrogens is 2. The highest BCUT2D eigenvalue weighted by Crippen LogP contribution is 2.34. The lowest BCUT2D eigenvalue weighted by molar-refractivity contribution is -0.117. The molecular formula is C20H24FN5O. The molecule has 4 rings (SSSR count). The van der Waals surface area contributed by atoms with Crippen LogP contribution in [0.4, 0.5) is 21.7 Å². The molecule has 2 aliphatic rings. The maximum absolute atomic E-state index is 14.4. The molecule has 142 valence electrons. The molecule has 0 radical (unpaired) electrons. The number of fused-ring (bicyclic) bond motifs is 1. The number of amides is 1. The largest absolute Gasteiger partial charge is 0.356 e. The van der Waals surface area contributed by atoms with Crippen molar-refractivity contribution >= 4 is 23.2 Å². The van der Waals surface area contributed by atoms with E-state index in [0.29, 0.717) is 11.6 Å². The number of nitrogens with zero attached hydrogens (tertiary/aromatic N) is 5. The van der Waals surface area contributed by atoms with Gasteiger partial charge in [0.1, 0.15) is 23.8 Å². The van der Waals surface area contributed by atoms with Crippen LogP contribution in [-0.4, -0.2) is 42.6 Å². The van der Waals surface area contributed by atoms with Gasteiger partial charge in [0, 0.05) is 20.1 Å². The molecule has 1 amide bonds. The minimum atomic E-state index is -0.401. The predicted octanol–water partition coefficient (Wildman–Crippen LogP) is 2.84. The highest BCUT2D eigenvalue weighted by Gasteiger charge is 2.31. The standard InChI is InChI=1S/C20H24FN5O/c1-14-6-5-9-25(10-14)20-15-11-26(17-8-4-3-7-16(17)21)18(27)12-24(2)19(15)22-13-23-20/h3-4,7-8,13-14H,5-6,9-12H2,1-2H3. The molecule has 0 bridgehead atoms. The van der Waals surface area contributed by atoms with E-state index in [2.05, 4.69) is 21.8 Å². The van der Waals surface area contributed by atoms with E-state index in [-0.39, 0.29) is 19.0 Å². The lowest BCUT2D eigenvalue weighted by atomic mass is 10.00. The monoisotopic (exact) mass is 369 g/mol. The average molecular weight is 369 g/mol. The summed E-state index contributed by atoms with van der Waals surface area (Å²) in [5.74, 6) is 1.64. The second-order valence-electron chi connectivity index (χ2n) is 7.48. The fourth-order valence-corrected chi connectivity index (χ4v) is 4.02. The first kappa shape index (κ1) is 17.7. The normalized spacial score (nSPS) is 20.5. The van der Waals surface area contributed by atoms with Gasteiger partial charge in [-0.1, -0.05) is 19.1 Å². The summed E-state index contributed by atoms with van der Waals surface area (Å²) >= 11 is 0. The van der Waals surface area contributed by atoms with Crippen molar-refractivity contribution in [2.24, 2.45) is 5.92 Å². The summed E-state index contributed by atoms with van der Waals surface area (Å²) < 4.78 is 14.4. The molecule has 0 N–H and O–H groups in total. The number of carbonyl (C=O) groups excluding carboxylic acids is 1. The molecule has 3 heterocycles. The second-order valence-corrected chi connectivity index (χ2v) is 7.48. The molecule has 1 atom stereocenters. The van der Waals surface area contributed by atoms with Gasteiger partial charge in [0.15, 0.2) is 0 Å². The Morgan fingerprint density at radius 2 is 1.93 bits per heavy atom. The van der Waals surface area contributed by atoms with E-state index in [1.807, 2.05) is 11.9 Å². The molecule has 0 aliphatic carbocycles. The van der Waals surface area contributed by atoms with Gasteiger partial charge in [-0.2, -0.15) is 0 Å². The quantitative estimate of drug-likeness (QED) is 0.815. The van der Waals surface area contributed by atoms with Crippen LogP contribution in [0.2, 0.25) is 0 Å². The maximum Gasteiger partial charge on any atom is 0.246 e. The third-order valence-electron chi connectivity index (χ3n) is 5.35. The van der Waals surface area contributed by atoms with E-state index in [1.54, 1.807) is 24.5 Å². The molecule has 1 saturated heterocycles. The van der Waals surface area contributed by atoms with Crippen molar-refractivity contribution in [3.8, 4) is 0 Å². The Balaban J connectivity index is 1.78. The molecule has 1 fully saturated rings. The molecule has 1 unspecified atom stereocenters. The number of para-hydroxylation sites is 1. The summed E-state index contributed by atoms with van der Waals surface area (Å²) in [5.41, 5.74) is 1.17. The Labute approximate surface area is 158 Å². The molecule has 7 heteroatoms. The number of carbonyl (C=O) groups is 1. The first-order valence-corrected chi connectivity index (χ1v) is 9.39. The van der Waals surface area contributed by atoms with Crippen molar-refractivity contribution < 1.29 is 9.18 Å². The van der Waals surface area contributed by atoms with E-state index in [1.165, 1.54) is 17.4 Å². The second kappa shape index (κ2) is 7.13. The van der Waals surface area contributed by atoms with E-state index in [4.69, 9.17) is 0 Å². The molecular weight excluding hydrogens is 345 g/mol. The summed E-state index contributed by atoms with van der Waals surface area (Å²) in [5, 5.41) is 0. The minimum Gasteiger partial charge on any atom is -0.356 e. The maximum atomic E-state index is 14.4. The average Bonchev–Trinajstić information content (AvgIpc) is 2.78. The Morgan fingerprint density at radius 3 is 2.70 bits per heavy atom. The summed E-state index contributed by atoms with van der Waals surface area (Å²) in [6, 6.07) is 6.40. The van der Waals surface area contributed by atoms with Crippen LogP contribution >= 0.6 is 0 Å². The molecule has 0 spiro atoms. The van der Waals surface area contributed by atoms with Crippen molar-refractivity contribution in [3.05, 3.63) is 42.0 Å². The molecule has 2 aromatic rings.